The number of hydrogen-bond donors (Lipinski definition) is 1. The highest BCUT2D eigenvalue weighted by atomic mass is 35.5. The molecule has 0 saturated carbocycles. The number of aromatic nitrogens is 1. The normalized spacial score (nSPS) is 14.5. The molecule has 7 heteroatoms. The van der Waals surface area contributed by atoms with Gasteiger partial charge in [-0.1, -0.05) is 11.6 Å². The molecule has 1 aliphatic heterocycles. The number of carbonyl (C=O) groups is 2. The average molecular weight is 286 g/mol. The maximum atomic E-state index is 13.0. The number of pyridine rings is 1. The Balaban J connectivity index is 1.93. The largest absolute Gasteiger partial charge is 0.343 e. The summed E-state index contributed by atoms with van der Waals surface area (Å²) in [6.07, 6.45) is 2.90. The summed E-state index contributed by atoms with van der Waals surface area (Å²) in [4.78, 5) is 28.7. The molecule has 5 nitrogen and oxygen atoms in total. The Bertz CT molecular complexity index is 504. The van der Waals surface area contributed by atoms with E-state index in [0.717, 1.165) is 38.2 Å². The minimum Gasteiger partial charge on any atom is -0.343 e. The van der Waals surface area contributed by atoms with E-state index in [4.69, 9.17) is 11.6 Å². The number of hydrogen-bond acceptors (Lipinski definition) is 3. The maximum absolute atomic E-state index is 13.0. The number of halogens is 2. The Kier molecular flexibility index (Phi) is 4.31. The molecule has 0 bridgehead atoms. The summed E-state index contributed by atoms with van der Waals surface area (Å²) in [7, 11) is 0. The minimum atomic E-state index is -0.652. The van der Waals surface area contributed by atoms with Crippen molar-refractivity contribution in [2.45, 2.75) is 12.8 Å². The smallest absolute Gasteiger partial charge is 0.254 e. The SMILES string of the molecule is O=C(NCC(=O)N1CCCC1)c1cc(F)cnc1Cl. The second kappa shape index (κ2) is 5.97. The van der Waals surface area contributed by atoms with Gasteiger partial charge in [-0.3, -0.25) is 9.59 Å². The van der Waals surface area contributed by atoms with Crippen molar-refractivity contribution in [2.24, 2.45) is 0 Å². The van der Waals surface area contributed by atoms with E-state index in [1.54, 1.807) is 4.90 Å². The van der Waals surface area contributed by atoms with Crippen molar-refractivity contribution in [1.29, 1.82) is 0 Å². The fraction of sp³-hybridized carbons (Fsp3) is 0.417. The van der Waals surface area contributed by atoms with Crippen molar-refractivity contribution in [1.82, 2.24) is 15.2 Å². The van der Waals surface area contributed by atoms with Crippen molar-refractivity contribution < 1.29 is 14.0 Å². The van der Waals surface area contributed by atoms with Crippen molar-refractivity contribution in [3.8, 4) is 0 Å². The maximum Gasteiger partial charge on any atom is 0.254 e. The molecule has 1 aromatic heterocycles. The van der Waals surface area contributed by atoms with Crippen LogP contribution in [-0.4, -0.2) is 41.3 Å². The highest BCUT2D eigenvalue weighted by Crippen LogP contribution is 2.13. The predicted molar refractivity (Wildman–Crippen MR) is 67.4 cm³/mol. The van der Waals surface area contributed by atoms with Gasteiger partial charge in [0, 0.05) is 13.1 Å². The molecule has 2 rings (SSSR count). The van der Waals surface area contributed by atoms with Gasteiger partial charge in [-0.2, -0.15) is 0 Å². The standard InChI is InChI=1S/C12H13ClFN3O2/c13-11-9(5-8(14)6-15-11)12(19)16-7-10(18)17-3-1-2-4-17/h5-6H,1-4,7H2,(H,16,19). The second-order valence-corrected chi connectivity index (χ2v) is 4.62. The molecule has 1 fully saturated rings. The summed E-state index contributed by atoms with van der Waals surface area (Å²) in [6, 6.07) is 0.991. The van der Waals surface area contributed by atoms with Crippen LogP contribution in [0.2, 0.25) is 5.15 Å². The van der Waals surface area contributed by atoms with Crippen LogP contribution in [-0.2, 0) is 4.79 Å². The molecule has 102 valence electrons. The van der Waals surface area contributed by atoms with Crippen LogP contribution in [0, 0.1) is 5.82 Å². The van der Waals surface area contributed by atoms with Crippen LogP contribution in [0.3, 0.4) is 0 Å². The third-order valence-electron chi connectivity index (χ3n) is 2.91. The average Bonchev–Trinajstić information content (AvgIpc) is 2.92. The molecule has 2 amide bonds. The zero-order valence-electron chi connectivity index (χ0n) is 10.2. The van der Waals surface area contributed by atoms with Gasteiger partial charge in [-0.25, -0.2) is 9.37 Å². The molecule has 1 saturated heterocycles. The lowest BCUT2D eigenvalue weighted by Crippen LogP contribution is -2.38. The van der Waals surface area contributed by atoms with Gasteiger partial charge in [0.05, 0.1) is 18.3 Å². The first-order valence-corrected chi connectivity index (χ1v) is 6.33. The summed E-state index contributed by atoms with van der Waals surface area (Å²) >= 11 is 5.70. The van der Waals surface area contributed by atoms with Gasteiger partial charge < -0.3 is 10.2 Å². The zero-order chi connectivity index (χ0) is 13.8. The summed E-state index contributed by atoms with van der Waals surface area (Å²) in [6.45, 7) is 1.32. The van der Waals surface area contributed by atoms with Gasteiger partial charge in [0.1, 0.15) is 11.0 Å². The minimum absolute atomic E-state index is 0.0733. The van der Waals surface area contributed by atoms with Gasteiger partial charge in [0.25, 0.3) is 5.91 Å². The zero-order valence-corrected chi connectivity index (χ0v) is 10.9. The number of carbonyl (C=O) groups excluding carboxylic acids is 2. The van der Waals surface area contributed by atoms with E-state index in [1.165, 1.54) is 0 Å². The molecular formula is C12H13ClFN3O2. The molecule has 0 aliphatic carbocycles. The number of rotatable bonds is 3. The Morgan fingerprint density at radius 2 is 2.11 bits per heavy atom. The molecule has 0 unspecified atom stereocenters. The van der Waals surface area contributed by atoms with Crippen LogP contribution in [0.1, 0.15) is 23.2 Å². The van der Waals surface area contributed by atoms with E-state index in [0.29, 0.717) is 0 Å². The van der Waals surface area contributed by atoms with Crippen LogP contribution < -0.4 is 5.32 Å². The molecule has 1 aliphatic rings. The van der Waals surface area contributed by atoms with Gasteiger partial charge in [-0.05, 0) is 18.9 Å². The second-order valence-electron chi connectivity index (χ2n) is 4.26. The molecule has 0 spiro atoms. The summed E-state index contributed by atoms with van der Waals surface area (Å²) in [5.74, 6) is -1.41. The van der Waals surface area contributed by atoms with Crippen LogP contribution >= 0.6 is 11.6 Å². The Morgan fingerprint density at radius 3 is 2.79 bits per heavy atom. The van der Waals surface area contributed by atoms with Crippen LogP contribution in [0.5, 0.6) is 0 Å². The van der Waals surface area contributed by atoms with E-state index in [9.17, 15) is 14.0 Å². The lowest BCUT2D eigenvalue weighted by Gasteiger charge is -2.15. The van der Waals surface area contributed by atoms with Crippen LogP contribution in [0.25, 0.3) is 0 Å². The Hall–Kier alpha value is -1.69. The first-order chi connectivity index (χ1) is 9.08. The van der Waals surface area contributed by atoms with Gasteiger partial charge in [0.15, 0.2) is 0 Å². The molecular weight excluding hydrogens is 273 g/mol. The van der Waals surface area contributed by atoms with E-state index in [1.807, 2.05) is 0 Å². The fourth-order valence-corrected chi connectivity index (χ4v) is 2.10. The van der Waals surface area contributed by atoms with Crippen LogP contribution in [0.15, 0.2) is 12.3 Å². The van der Waals surface area contributed by atoms with Crippen LogP contribution in [0.4, 0.5) is 4.39 Å². The number of nitrogens with zero attached hydrogens (tertiary/aromatic N) is 2. The highest BCUT2D eigenvalue weighted by molar-refractivity contribution is 6.32. The lowest BCUT2D eigenvalue weighted by atomic mass is 10.2. The van der Waals surface area contributed by atoms with Gasteiger partial charge >= 0.3 is 0 Å². The first-order valence-electron chi connectivity index (χ1n) is 5.95. The quantitative estimate of drug-likeness (QED) is 0.850. The molecule has 0 radical (unpaired) electrons. The van der Waals surface area contributed by atoms with Crippen molar-refractivity contribution in [3.63, 3.8) is 0 Å². The van der Waals surface area contributed by atoms with E-state index < -0.39 is 11.7 Å². The van der Waals surface area contributed by atoms with Crippen molar-refractivity contribution in [3.05, 3.63) is 28.8 Å². The van der Waals surface area contributed by atoms with Gasteiger partial charge in [0.2, 0.25) is 5.91 Å². The van der Waals surface area contributed by atoms with E-state index in [-0.39, 0.29) is 23.2 Å². The molecule has 1 N–H and O–H groups in total. The third-order valence-corrected chi connectivity index (χ3v) is 3.21. The summed E-state index contributed by atoms with van der Waals surface area (Å²) in [5.41, 5.74) is -0.0733. The summed E-state index contributed by atoms with van der Waals surface area (Å²) < 4.78 is 13.0. The lowest BCUT2D eigenvalue weighted by molar-refractivity contribution is -0.129. The number of nitrogens with one attached hydrogen (secondary N) is 1. The van der Waals surface area contributed by atoms with Crippen molar-refractivity contribution >= 4 is 23.4 Å². The Morgan fingerprint density at radius 1 is 1.42 bits per heavy atom. The number of amides is 2. The fourth-order valence-electron chi connectivity index (χ4n) is 1.91. The van der Waals surface area contributed by atoms with Gasteiger partial charge in [-0.15, -0.1) is 0 Å². The summed E-state index contributed by atoms with van der Waals surface area (Å²) in [5, 5.41) is 2.33. The topological polar surface area (TPSA) is 62.3 Å². The third kappa shape index (κ3) is 3.41. The first kappa shape index (κ1) is 13.7. The molecule has 2 heterocycles. The Labute approximate surface area is 114 Å². The molecule has 19 heavy (non-hydrogen) atoms. The van der Waals surface area contributed by atoms with E-state index in [2.05, 4.69) is 10.3 Å². The molecule has 0 atom stereocenters. The predicted octanol–water partition coefficient (Wildman–Crippen LogP) is 1.23. The van der Waals surface area contributed by atoms with Crippen molar-refractivity contribution in [2.75, 3.05) is 19.6 Å². The molecule has 0 aromatic carbocycles. The molecule has 1 aromatic rings. The monoisotopic (exact) mass is 285 g/mol. The number of likely N-dealkylation sites (tertiary alicyclic amines) is 1. The van der Waals surface area contributed by atoms with E-state index >= 15 is 0 Å². The highest BCUT2D eigenvalue weighted by Gasteiger charge is 2.19.